The van der Waals surface area contributed by atoms with Crippen LogP contribution in [0.5, 0.6) is 5.75 Å². The number of anilines is 1. The molecule has 0 amide bonds. The van der Waals surface area contributed by atoms with Crippen LogP contribution >= 0.6 is 0 Å². The van der Waals surface area contributed by atoms with Gasteiger partial charge in [0, 0.05) is 18.0 Å². The van der Waals surface area contributed by atoms with E-state index >= 15 is 0 Å². The second-order valence-corrected chi connectivity index (χ2v) is 4.97. The highest BCUT2D eigenvalue weighted by atomic mass is 16.3. The Kier molecular flexibility index (Phi) is 2.98. The van der Waals surface area contributed by atoms with E-state index in [0.717, 1.165) is 36.1 Å². The number of rotatable bonds is 2. The number of benzene rings is 1. The van der Waals surface area contributed by atoms with Crippen molar-refractivity contribution in [1.82, 2.24) is 9.97 Å². The molecule has 0 aliphatic carbocycles. The molecule has 0 saturated carbocycles. The van der Waals surface area contributed by atoms with E-state index in [1.165, 1.54) is 0 Å². The second-order valence-electron chi connectivity index (χ2n) is 4.97. The number of phenols is 1. The number of aliphatic hydroxyl groups excluding tert-OH is 1. The van der Waals surface area contributed by atoms with Gasteiger partial charge in [-0.3, -0.25) is 0 Å². The van der Waals surface area contributed by atoms with E-state index in [1.54, 1.807) is 12.1 Å². The van der Waals surface area contributed by atoms with E-state index in [-0.39, 0.29) is 18.4 Å². The van der Waals surface area contributed by atoms with E-state index in [2.05, 4.69) is 14.9 Å². The number of aromatic hydroxyl groups is 1. The Balaban J connectivity index is 2.17. The molecular formula is C14H17N3O2. The third kappa shape index (κ3) is 2.10. The summed E-state index contributed by atoms with van der Waals surface area (Å²) in [5.74, 6) is 1.74. The molecule has 0 spiro atoms. The summed E-state index contributed by atoms with van der Waals surface area (Å²) in [6, 6.07) is 5.27. The molecule has 2 N–H and O–H groups in total. The summed E-state index contributed by atoms with van der Waals surface area (Å²) in [4.78, 5) is 11.0. The van der Waals surface area contributed by atoms with Gasteiger partial charge in [-0.15, -0.1) is 0 Å². The molecule has 1 atom stereocenters. The maximum atomic E-state index is 9.56. The molecule has 5 heteroatoms. The molecule has 100 valence electrons. The SMILES string of the molecule is Cc1nc(N2CCCC2CO)c2ccc(O)cc2n1. The number of phenolic OH excluding ortho intramolecular Hbond substituents is 1. The minimum atomic E-state index is 0.131. The maximum absolute atomic E-state index is 9.56. The number of aromatic nitrogens is 2. The van der Waals surface area contributed by atoms with Gasteiger partial charge in [-0.25, -0.2) is 9.97 Å². The lowest BCUT2D eigenvalue weighted by molar-refractivity contribution is 0.266. The molecule has 2 heterocycles. The van der Waals surface area contributed by atoms with Gasteiger partial charge in [-0.2, -0.15) is 0 Å². The summed E-state index contributed by atoms with van der Waals surface area (Å²) in [5.41, 5.74) is 0.742. The Labute approximate surface area is 111 Å². The molecule has 2 aromatic rings. The minimum absolute atomic E-state index is 0.131. The summed E-state index contributed by atoms with van der Waals surface area (Å²) in [6.07, 6.45) is 2.05. The number of hydrogen-bond acceptors (Lipinski definition) is 5. The van der Waals surface area contributed by atoms with E-state index in [0.29, 0.717) is 5.82 Å². The predicted molar refractivity (Wildman–Crippen MR) is 73.4 cm³/mol. The lowest BCUT2D eigenvalue weighted by Crippen LogP contribution is -2.33. The number of hydrogen-bond donors (Lipinski definition) is 2. The van der Waals surface area contributed by atoms with E-state index in [4.69, 9.17) is 0 Å². The van der Waals surface area contributed by atoms with Crippen molar-refractivity contribution in [3.8, 4) is 5.75 Å². The smallest absolute Gasteiger partial charge is 0.140 e. The number of aliphatic hydroxyl groups is 1. The monoisotopic (exact) mass is 259 g/mol. The molecule has 1 saturated heterocycles. The molecule has 0 radical (unpaired) electrons. The van der Waals surface area contributed by atoms with Gasteiger partial charge in [-0.1, -0.05) is 0 Å². The zero-order valence-corrected chi connectivity index (χ0v) is 10.9. The lowest BCUT2D eigenvalue weighted by Gasteiger charge is -2.25. The molecule has 0 bridgehead atoms. The highest BCUT2D eigenvalue weighted by Gasteiger charge is 2.26. The summed E-state index contributed by atoms with van der Waals surface area (Å²) >= 11 is 0. The first kappa shape index (κ1) is 12.2. The van der Waals surface area contributed by atoms with Crippen LogP contribution in [0.15, 0.2) is 18.2 Å². The van der Waals surface area contributed by atoms with Crippen LogP contribution in [0.1, 0.15) is 18.7 Å². The fourth-order valence-corrected chi connectivity index (χ4v) is 2.74. The molecule has 1 aromatic carbocycles. The van der Waals surface area contributed by atoms with Crippen molar-refractivity contribution in [3.05, 3.63) is 24.0 Å². The van der Waals surface area contributed by atoms with Crippen LogP contribution in [-0.4, -0.2) is 39.4 Å². The van der Waals surface area contributed by atoms with Crippen molar-refractivity contribution < 1.29 is 10.2 Å². The first-order chi connectivity index (χ1) is 9.19. The molecule has 1 fully saturated rings. The quantitative estimate of drug-likeness (QED) is 0.857. The standard InChI is InChI=1S/C14H17N3O2/c1-9-15-13-7-11(19)4-5-12(13)14(16-9)17-6-2-3-10(17)8-18/h4-5,7,10,18-19H,2-3,6,8H2,1H3. The summed E-state index contributed by atoms with van der Waals surface area (Å²) in [5, 5.41) is 19.9. The van der Waals surface area contributed by atoms with E-state index < -0.39 is 0 Å². The first-order valence-electron chi connectivity index (χ1n) is 6.54. The van der Waals surface area contributed by atoms with Gasteiger partial charge >= 0.3 is 0 Å². The van der Waals surface area contributed by atoms with Crippen molar-refractivity contribution >= 4 is 16.7 Å². The highest BCUT2D eigenvalue weighted by Crippen LogP contribution is 2.31. The number of nitrogens with zero attached hydrogens (tertiary/aromatic N) is 3. The molecule has 5 nitrogen and oxygen atoms in total. The molecular weight excluding hydrogens is 242 g/mol. The molecule has 1 aliphatic heterocycles. The zero-order valence-electron chi connectivity index (χ0n) is 10.9. The number of fused-ring (bicyclic) bond motifs is 1. The Morgan fingerprint density at radius 2 is 2.21 bits per heavy atom. The normalized spacial score (nSPS) is 19.3. The van der Waals surface area contributed by atoms with Crippen molar-refractivity contribution in [1.29, 1.82) is 0 Å². The molecule has 1 unspecified atom stereocenters. The Bertz CT molecular complexity index is 610. The van der Waals surface area contributed by atoms with Gasteiger partial charge in [0.2, 0.25) is 0 Å². The summed E-state index contributed by atoms with van der Waals surface area (Å²) in [7, 11) is 0. The predicted octanol–water partition coefficient (Wildman–Crippen LogP) is 1.60. The van der Waals surface area contributed by atoms with Crippen LogP contribution in [0.4, 0.5) is 5.82 Å². The van der Waals surface area contributed by atoms with Crippen LogP contribution in [0.25, 0.3) is 10.9 Å². The van der Waals surface area contributed by atoms with Gasteiger partial charge in [0.15, 0.2) is 0 Å². The highest BCUT2D eigenvalue weighted by molar-refractivity contribution is 5.90. The third-order valence-electron chi connectivity index (χ3n) is 3.63. The maximum Gasteiger partial charge on any atom is 0.140 e. The van der Waals surface area contributed by atoms with Crippen molar-refractivity contribution in [2.75, 3.05) is 18.1 Å². The van der Waals surface area contributed by atoms with Crippen LogP contribution in [0, 0.1) is 6.92 Å². The minimum Gasteiger partial charge on any atom is -0.508 e. The van der Waals surface area contributed by atoms with Crippen molar-refractivity contribution in [2.45, 2.75) is 25.8 Å². The second kappa shape index (κ2) is 4.66. The van der Waals surface area contributed by atoms with Crippen LogP contribution < -0.4 is 4.90 Å². The summed E-state index contributed by atoms with van der Waals surface area (Å²) in [6.45, 7) is 2.89. The molecule has 3 rings (SSSR count). The molecule has 1 aromatic heterocycles. The van der Waals surface area contributed by atoms with E-state index in [1.807, 2.05) is 13.0 Å². The third-order valence-corrected chi connectivity index (χ3v) is 3.63. The fraction of sp³-hybridized carbons (Fsp3) is 0.429. The van der Waals surface area contributed by atoms with Gasteiger partial charge in [-0.05, 0) is 31.9 Å². The zero-order chi connectivity index (χ0) is 13.4. The molecule has 19 heavy (non-hydrogen) atoms. The molecule has 1 aliphatic rings. The van der Waals surface area contributed by atoms with Crippen molar-refractivity contribution in [3.63, 3.8) is 0 Å². The first-order valence-corrected chi connectivity index (χ1v) is 6.54. The van der Waals surface area contributed by atoms with Gasteiger partial charge < -0.3 is 15.1 Å². The summed E-state index contributed by atoms with van der Waals surface area (Å²) < 4.78 is 0. The van der Waals surface area contributed by atoms with Crippen LogP contribution in [-0.2, 0) is 0 Å². The average molecular weight is 259 g/mol. The lowest BCUT2D eigenvalue weighted by atomic mass is 10.2. The van der Waals surface area contributed by atoms with Crippen LogP contribution in [0.3, 0.4) is 0 Å². The topological polar surface area (TPSA) is 69.5 Å². The number of aryl methyl sites for hydroxylation is 1. The fourth-order valence-electron chi connectivity index (χ4n) is 2.74. The van der Waals surface area contributed by atoms with E-state index in [9.17, 15) is 10.2 Å². The van der Waals surface area contributed by atoms with Gasteiger partial charge in [0.1, 0.15) is 17.4 Å². The van der Waals surface area contributed by atoms with Gasteiger partial charge in [0.25, 0.3) is 0 Å². The Hall–Kier alpha value is -1.88. The largest absolute Gasteiger partial charge is 0.508 e. The van der Waals surface area contributed by atoms with Crippen LogP contribution in [0.2, 0.25) is 0 Å². The Morgan fingerprint density at radius 1 is 1.37 bits per heavy atom. The Morgan fingerprint density at radius 3 is 3.00 bits per heavy atom. The average Bonchev–Trinajstić information content (AvgIpc) is 2.85. The van der Waals surface area contributed by atoms with Gasteiger partial charge in [0.05, 0.1) is 18.2 Å². The van der Waals surface area contributed by atoms with Crippen molar-refractivity contribution in [2.24, 2.45) is 0 Å².